The summed E-state index contributed by atoms with van der Waals surface area (Å²) < 4.78 is 0. The highest BCUT2D eigenvalue weighted by atomic mass is 32.2. The first kappa shape index (κ1) is 15.3. The van der Waals surface area contributed by atoms with Crippen LogP contribution < -0.4 is 5.32 Å². The Morgan fingerprint density at radius 3 is 2.67 bits per heavy atom. The summed E-state index contributed by atoms with van der Waals surface area (Å²) >= 11 is 1.93. The molecule has 0 aliphatic heterocycles. The van der Waals surface area contributed by atoms with Gasteiger partial charge in [-0.2, -0.15) is 11.8 Å². The predicted molar refractivity (Wildman–Crippen MR) is 81.2 cm³/mol. The second-order valence-electron chi connectivity index (χ2n) is 4.47. The molecule has 0 saturated carbocycles. The van der Waals surface area contributed by atoms with Crippen molar-refractivity contribution in [2.75, 3.05) is 11.9 Å². The van der Waals surface area contributed by atoms with Crippen LogP contribution in [0.15, 0.2) is 6.07 Å². The molecular formula is C14H25N3S. The third-order valence-electron chi connectivity index (χ3n) is 2.76. The SMILES string of the molecule is CCCc1cc(NCC)nc(CSC(C)CC)n1. The largest absolute Gasteiger partial charge is 0.370 e. The average Bonchev–Trinajstić information content (AvgIpc) is 2.36. The van der Waals surface area contributed by atoms with E-state index in [2.05, 4.69) is 49.0 Å². The molecule has 1 aromatic heterocycles. The van der Waals surface area contributed by atoms with Crippen LogP contribution in [0.2, 0.25) is 0 Å². The molecule has 1 rings (SSSR count). The highest BCUT2D eigenvalue weighted by Gasteiger charge is 2.06. The zero-order chi connectivity index (χ0) is 13.4. The summed E-state index contributed by atoms with van der Waals surface area (Å²) in [6, 6.07) is 2.07. The Morgan fingerprint density at radius 2 is 2.06 bits per heavy atom. The minimum absolute atomic E-state index is 0.672. The Hall–Kier alpha value is -0.770. The minimum Gasteiger partial charge on any atom is -0.370 e. The molecule has 102 valence electrons. The number of aryl methyl sites for hydroxylation is 1. The lowest BCUT2D eigenvalue weighted by Gasteiger charge is -2.10. The maximum Gasteiger partial charge on any atom is 0.140 e. The molecule has 1 heterocycles. The van der Waals surface area contributed by atoms with Gasteiger partial charge in [-0.3, -0.25) is 0 Å². The van der Waals surface area contributed by atoms with Crippen LogP contribution in [0.5, 0.6) is 0 Å². The van der Waals surface area contributed by atoms with Crippen molar-refractivity contribution in [1.82, 2.24) is 9.97 Å². The van der Waals surface area contributed by atoms with Crippen LogP contribution in [0.3, 0.4) is 0 Å². The van der Waals surface area contributed by atoms with Crippen LogP contribution in [0.4, 0.5) is 5.82 Å². The quantitative estimate of drug-likeness (QED) is 0.775. The fraction of sp³-hybridized carbons (Fsp3) is 0.714. The number of thioether (sulfide) groups is 1. The second-order valence-corrected chi connectivity index (χ2v) is 5.90. The smallest absolute Gasteiger partial charge is 0.140 e. The molecule has 1 aromatic rings. The minimum atomic E-state index is 0.672. The van der Waals surface area contributed by atoms with E-state index in [1.54, 1.807) is 0 Å². The molecule has 1 atom stereocenters. The molecule has 0 aromatic carbocycles. The molecule has 3 nitrogen and oxygen atoms in total. The standard InChI is InChI=1S/C14H25N3S/c1-5-8-12-9-13(15-7-3)17-14(16-12)10-18-11(4)6-2/h9,11H,5-8,10H2,1-4H3,(H,15,16,17). The molecule has 0 amide bonds. The van der Waals surface area contributed by atoms with Crippen molar-refractivity contribution in [2.24, 2.45) is 0 Å². The highest BCUT2D eigenvalue weighted by molar-refractivity contribution is 7.99. The highest BCUT2D eigenvalue weighted by Crippen LogP contribution is 2.19. The zero-order valence-electron chi connectivity index (χ0n) is 12.0. The number of hydrogen-bond acceptors (Lipinski definition) is 4. The van der Waals surface area contributed by atoms with Gasteiger partial charge in [-0.15, -0.1) is 0 Å². The van der Waals surface area contributed by atoms with E-state index in [0.717, 1.165) is 42.5 Å². The summed E-state index contributed by atoms with van der Waals surface area (Å²) in [6.07, 6.45) is 3.35. The van der Waals surface area contributed by atoms with Gasteiger partial charge in [0.2, 0.25) is 0 Å². The van der Waals surface area contributed by atoms with E-state index in [-0.39, 0.29) is 0 Å². The normalized spacial score (nSPS) is 12.4. The molecule has 1 N–H and O–H groups in total. The van der Waals surface area contributed by atoms with Crippen molar-refractivity contribution >= 4 is 17.6 Å². The van der Waals surface area contributed by atoms with Gasteiger partial charge < -0.3 is 5.32 Å². The Labute approximate surface area is 115 Å². The number of nitrogens with zero attached hydrogens (tertiary/aromatic N) is 2. The van der Waals surface area contributed by atoms with E-state index >= 15 is 0 Å². The molecule has 1 unspecified atom stereocenters. The van der Waals surface area contributed by atoms with Crippen molar-refractivity contribution in [3.05, 3.63) is 17.6 Å². The van der Waals surface area contributed by atoms with Crippen LogP contribution in [-0.2, 0) is 12.2 Å². The maximum atomic E-state index is 4.64. The van der Waals surface area contributed by atoms with E-state index in [0.29, 0.717) is 5.25 Å². The van der Waals surface area contributed by atoms with Crippen molar-refractivity contribution in [2.45, 2.75) is 58.0 Å². The molecule has 0 fully saturated rings. The summed E-state index contributed by atoms with van der Waals surface area (Å²) in [5.41, 5.74) is 1.16. The van der Waals surface area contributed by atoms with Gasteiger partial charge in [0.15, 0.2) is 0 Å². The maximum absolute atomic E-state index is 4.64. The summed E-state index contributed by atoms with van der Waals surface area (Å²) in [6.45, 7) is 9.65. The zero-order valence-corrected chi connectivity index (χ0v) is 12.8. The molecule has 0 radical (unpaired) electrons. The van der Waals surface area contributed by atoms with E-state index in [1.807, 2.05) is 11.8 Å². The first-order valence-corrected chi connectivity index (χ1v) is 7.96. The molecule has 0 saturated heterocycles. The molecule has 0 bridgehead atoms. The molecule has 0 aliphatic rings. The third kappa shape index (κ3) is 5.25. The van der Waals surface area contributed by atoms with Gasteiger partial charge in [0.1, 0.15) is 11.6 Å². The van der Waals surface area contributed by atoms with E-state index in [4.69, 9.17) is 0 Å². The lowest BCUT2D eigenvalue weighted by atomic mass is 10.2. The van der Waals surface area contributed by atoms with E-state index in [1.165, 1.54) is 6.42 Å². The lowest BCUT2D eigenvalue weighted by Crippen LogP contribution is -2.06. The number of anilines is 1. The van der Waals surface area contributed by atoms with Crippen LogP contribution in [0.1, 0.15) is 52.1 Å². The molecule has 0 aliphatic carbocycles. The van der Waals surface area contributed by atoms with Gasteiger partial charge in [0.25, 0.3) is 0 Å². The predicted octanol–water partition coefficient (Wildman–Crippen LogP) is 3.89. The number of nitrogens with one attached hydrogen (secondary N) is 1. The fourth-order valence-corrected chi connectivity index (χ4v) is 2.41. The van der Waals surface area contributed by atoms with Gasteiger partial charge in [0.05, 0.1) is 5.75 Å². The van der Waals surface area contributed by atoms with Gasteiger partial charge in [-0.1, -0.05) is 27.2 Å². The first-order chi connectivity index (χ1) is 8.69. The number of rotatable bonds is 8. The summed E-state index contributed by atoms with van der Waals surface area (Å²) in [7, 11) is 0. The Morgan fingerprint density at radius 1 is 1.28 bits per heavy atom. The van der Waals surface area contributed by atoms with Gasteiger partial charge in [0, 0.05) is 23.6 Å². The van der Waals surface area contributed by atoms with E-state index in [9.17, 15) is 0 Å². The topological polar surface area (TPSA) is 37.8 Å². The van der Waals surface area contributed by atoms with Crippen molar-refractivity contribution in [3.63, 3.8) is 0 Å². The van der Waals surface area contributed by atoms with Crippen LogP contribution in [0.25, 0.3) is 0 Å². The third-order valence-corrected chi connectivity index (χ3v) is 4.09. The lowest BCUT2D eigenvalue weighted by molar-refractivity contribution is 0.850. The van der Waals surface area contributed by atoms with Gasteiger partial charge >= 0.3 is 0 Å². The van der Waals surface area contributed by atoms with Crippen molar-refractivity contribution in [1.29, 1.82) is 0 Å². The van der Waals surface area contributed by atoms with Crippen LogP contribution in [0, 0.1) is 0 Å². The molecule has 0 spiro atoms. The average molecular weight is 267 g/mol. The fourth-order valence-electron chi connectivity index (χ4n) is 1.61. The number of hydrogen-bond donors (Lipinski definition) is 1. The molecular weight excluding hydrogens is 242 g/mol. The Bertz CT molecular complexity index is 331. The molecule has 4 heteroatoms. The first-order valence-electron chi connectivity index (χ1n) is 6.91. The summed E-state index contributed by atoms with van der Waals surface area (Å²) in [5.74, 6) is 2.84. The summed E-state index contributed by atoms with van der Waals surface area (Å²) in [5, 5.41) is 3.96. The van der Waals surface area contributed by atoms with Gasteiger partial charge in [-0.05, 0) is 19.8 Å². The molecule has 18 heavy (non-hydrogen) atoms. The van der Waals surface area contributed by atoms with Crippen molar-refractivity contribution in [3.8, 4) is 0 Å². The Balaban J connectivity index is 2.75. The number of aromatic nitrogens is 2. The Kier molecular flexibility index (Phi) is 7.09. The van der Waals surface area contributed by atoms with Crippen molar-refractivity contribution < 1.29 is 0 Å². The second kappa shape index (κ2) is 8.35. The van der Waals surface area contributed by atoms with Crippen LogP contribution in [-0.4, -0.2) is 21.8 Å². The van der Waals surface area contributed by atoms with E-state index < -0.39 is 0 Å². The van der Waals surface area contributed by atoms with Crippen LogP contribution >= 0.6 is 11.8 Å². The van der Waals surface area contributed by atoms with Gasteiger partial charge in [-0.25, -0.2) is 9.97 Å². The summed E-state index contributed by atoms with van der Waals surface area (Å²) in [4.78, 5) is 9.21. The monoisotopic (exact) mass is 267 g/mol.